The Bertz CT molecular complexity index is 253. The molecule has 11 heavy (non-hydrogen) atoms. The molecule has 4 heteroatoms. The van der Waals surface area contributed by atoms with Gasteiger partial charge in [0, 0.05) is 6.61 Å². The van der Waals surface area contributed by atoms with Crippen LogP contribution in [0, 0.1) is 17.8 Å². The Morgan fingerprint density at radius 1 is 1.36 bits per heavy atom. The third kappa shape index (κ3) is 1.18. The zero-order chi connectivity index (χ0) is 8.06. The second-order valence-electron chi connectivity index (χ2n) is 3.58. The van der Waals surface area contributed by atoms with Crippen molar-refractivity contribution in [1.29, 1.82) is 0 Å². The van der Waals surface area contributed by atoms with E-state index in [9.17, 15) is 8.42 Å². The number of sulfone groups is 1. The van der Waals surface area contributed by atoms with Crippen LogP contribution in [-0.4, -0.2) is 31.6 Å². The van der Waals surface area contributed by atoms with Crippen molar-refractivity contribution in [3.63, 3.8) is 0 Å². The zero-order valence-electron chi connectivity index (χ0n) is 6.23. The Balaban J connectivity index is 2.08. The van der Waals surface area contributed by atoms with Crippen LogP contribution in [-0.2, 0) is 9.84 Å². The maximum Gasteiger partial charge on any atom is 0.150 e. The van der Waals surface area contributed by atoms with E-state index in [4.69, 9.17) is 5.11 Å². The topological polar surface area (TPSA) is 54.4 Å². The molecule has 2 fully saturated rings. The van der Waals surface area contributed by atoms with Crippen LogP contribution in [0.3, 0.4) is 0 Å². The van der Waals surface area contributed by atoms with Crippen LogP contribution in [0.15, 0.2) is 0 Å². The molecule has 1 saturated carbocycles. The molecule has 0 aromatic rings. The molecular weight excluding hydrogens is 164 g/mol. The lowest BCUT2D eigenvalue weighted by atomic mass is 10.2. The summed E-state index contributed by atoms with van der Waals surface area (Å²) in [6, 6.07) is 0. The highest BCUT2D eigenvalue weighted by atomic mass is 32.2. The van der Waals surface area contributed by atoms with E-state index in [1.165, 1.54) is 0 Å². The van der Waals surface area contributed by atoms with Gasteiger partial charge in [0.05, 0.1) is 11.5 Å². The van der Waals surface area contributed by atoms with Gasteiger partial charge < -0.3 is 5.11 Å². The number of fused-ring (bicyclic) bond motifs is 1. The molecule has 1 aliphatic heterocycles. The van der Waals surface area contributed by atoms with Gasteiger partial charge in [0.1, 0.15) is 0 Å². The average molecular weight is 176 g/mol. The molecule has 0 amide bonds. The summed E-state index contributed by atoms with van der Waals surface area (Å²) >= 11 is 0. The molecule has 0 aromatic heterocycles. The van der Waals surface area contributed by atoms with Crippen LogP contribution in [0.25, 0.3) is 0 Å². The van der Waals surface area contributed by atoms with Gasteiger partial charge in [-0.15, -0.1) is 0 Å². The predicted molar refractivity (Wildman–Crippen MR) is 40.8 cm³/mol. The fourth-order valence-electron chi connectivity index (χ4n) is 2.16. The van der Waals surface area contributed by atoms with Crippen molar-refractivity contribution in [3.8, 4) is 0 Å². The summed E-state index contributed by atoms with van der Waals surface area (Å²) in [5.41, 5.74) is 0. The van der Waals surface area contributed by atoms with Gasteiger partial charge in [-0.05, 0) is 24.2 Å². The van der Waals surface area contributed by atoms with Crippen LogP contribution < -0.4 is 0 Å². The van der Waals surface area contributed by atoms with Crippen LogP contribution in [0.4, 0.5) is 0 Å². The standard InChI is InChI=1S/C7H12O3S/c8-3-6-5-1-2-11(9,10)4-7(5)6/h5-8H,1-4H2. The highest BCUT2D eigenvalue weighted by Crippen LogP contribution is 2.51. The molecule has 1 heterocycles. The van der Waals surface area contributed by atoms with Crippen molar-refractivity contribution in [1.82, 2.24) is 0 Å². The summed E-state index contributed by atoms with van der Waals surface area (Å²) in [5.74, 6) is 1.77. The monoisotopic (exact) mass is 176 g/mol. The minimum atomic E-state index is -2.74. The minimum Gasteiger partial charge on any atom is -0.396 e. The second-order valence-corrected chi connectivity index (χ2v) is 5.81. The Labute approximate surface area is 66.3 Å². The highest BCUT2D eigenvalue weighted by Gasteiger charge is 2.53. The fourth-order valence-corrected chi connectivity index (χ4v) is 4.04. The molecule has 0 bridgehead atoms. The molecule has 3 nitrogen and oxygen atoms in total. The molecule has 64 valence electrons. The van der Waals surface area contributed by atoms with Crippen LogP contribution >= 0.6 is 0 Å². The second kappa shape index (κ2) is 2.20. The Morgan fingerprint density at radius 3 is 2.64 bits per heavy atom. The SMILES string of the molecule is O=S1(=O)CCC2C(CO)C2C1. The van der Waals surface area contributed by atoms with Crippen LogP contribution in [0.5, 0.6) is 0 Å². The molecule has 2 rings (SSSR count). The lowest BCUT2D eigenvalue weighted by Gasteiger charge is -2.07. The molecule has 2 aliphatic rings. The van der Waals surface area contributed by atoms with Crippen molar-refractivity contribution in [3.05, 3.63) is 0 Å². The van der Waals surface area contributed by atoms with Crippen molar-refractivity contribution in [2.45, 2.75) is 6.42 Å². The van der Waals surface area contributed by atoms with Gasteiger partial charge in [0.15, 0.2) is 9.84 Å². The third-order valence-electron chi connectivity index (χ3n) is 2.93. The number of rotatable bonds is 1. The van der Waals surface area contributed by atoms with Crippen LogP contribution in [0.1, 0.15) is 6.42 Å². The van der Waals surface area contributed by atoms with Gasteiger partial charge in [0.2, 0.25) is 0 Å². The van der Waals surface area contributed by atoms with Gasteiger partial charge in [0.25, 0.3) is 0 Å². The first-order valence-electron chi connectivity index (χ1n) is 3.95. The van der Waals surface area contributed by atoms with Gasteiger partial charge in [-0.3, -0.25) is 0 Å². The van der Waals surface area contributed by atoms with E-state index in [-0.39, 0.29) is 6.61 Å². The summed E-state index contributed by atoms with van der Waals surface area (Å²) in [6.07, 6.45) is 0.776. The number of aliphatic hydroxyl groups excluding tert-OH is 1. The van der Waals surface area contributed by atoms with E-state index in [2.05, 4.69) is 0 Å². The van der Waals surface area contributed by atoms with E-state index in [0.717, 1.165) is 6.42 Å². The molecule has 1 saturated heterocycles. The largest absolute Gasteiger partial charge is 0.396 e. The number of hydrogen-bond donors (Lipinski definition) is 1. The highest BCUT2D eigenvalue weighted by molar-refractivity contribution is 7.91. The summed E-state index contributed by atoms with van der Waals surface area (Å²) in [4.78, 5) is 0. The van der Waals surface area contributed by atoms with Crippen molar-refractivity contribution < 1.29 is 13.5 Å². The zero-order valence-corrected chi connectivity index (χ0v) is 7.05. The van der Waals surface area contributed by atoms with Gasteiger partial charge in [-0.1, -0.05) is 0 Å². The Morgan fingerprint density at radius 2 is 2.09 bits per heavy atom. The first-order valence-corrected chi connectivity index (χ1v) is 5.77. The quantitative estimate of drug-likeness (QED) is 0.594. The molecule has 1 aliphatic carbocycles. The molecule has 1 N–H and O–H groups in total. The summed E-state index contributed by atoms with van der Waals surface area (Å²) in [5, 5.41) is 8.81. The van der Waals surface area contributed by atoms with E-state index >= 15 is 0 Å². The number of aliphatic hydroxyl groups is 1. The van der Waals surface area contributed by atoms with E-state index < -0.39 is 9.84 Å². The molecule has 0 spiro atoms. The van der Waals surface area contributed by atoms with E-state index in [1.807, 2.05) is 0 Å². The Hall–Kier alpha value is -0.0900. The van der Waals surface area contributed by atoms with Crippen molar-refractivity contribution in [2.24, 2.45) is 17.8 Å². The van der Waals surface area contributed by atoms with Crippen molar-refractivity contribution >= 4 is 9.84 Å². The lowest BCUT2D eigenvalue weighted by molar-refractivity contribution is 0.265. The fraction of sp³-hybridized carbons (Fsp3) is 1.00. The summed E-state index contributed by atoms with van der Waals surface area (Å²) < 4.78 is 22.1. The average Bonchev–Trinajstić information content (AvgIpc) is 2.58. The molecular formula is C7H12O3S. The molecule has 0 aromatic carbocycles. The van der Waals surface area contributed by atoms with Crippen molar-refractivity contribution in [2.75, 3.05) is 18.1 Å². The normalized spacial score (nSPS) is 46.5. The van der Waals surface area contributed by atoms with Gasteiger partial charge >= 0.3 is 0 Å². The maximum atomic E-state index is 11.1. The van der Waals surface area contributed by atoms with E-state index in [1.54, 1.807) is 0 Å². The Kier molecular flexibility index (Phi) is 1.51. The first kappa shape index (κ1) is 7.55. The predicted octanol–water partition coefficient (Wildman–Crippen LogP) is -0.341. The minimum absolute atomic E-state index is 0.171. The molecule has 3 atom stereocenters. The first-order chi connectivity index (χ1) is 5.14. The molecule has 3 unspecified atom stereocenters. The number of hydrogen-bond acceptors (Lipinski definition) is 3. The summed E-state index contributed by atoms with van der Waals surface area (Å²) in [7, 11) is -2.74. The van der Waals surface area contributed by atoms with Gasteiger partial charge in [-0.2, -0.15) is 0 Å². The molecule has 0 radical (unpaired) electrons. The van der Waals surface area contributed by atoms with E-state index in [0.29, 0.717) is 29.3 Å². The van der Waals surface area contributed by atoms with Gasteiger partial charge in [-0.25, -0.2) is 8.42 Å². The van der Waals surface area contributed by atoms with Crippen LogP contribution in [0.2, 0.25) is 0 Å². The smallest absolute Gasteiger partial charge is 0.150 e. The maximum absolute atomic E-state index is 11.1. The summed E-state index contributed by atoms with van der Waals surface area (Å²) in [6.45, 7) is 0.171. The lowest BCUT2D eigenvalue weighted by Crippen LogP contribution is -2.18. The third-order valence-corrected chi connectivity index (χ3v) is 4.68.